The van der Waals surface area contributed by atoms with E-state index in [0.717, 1.165) is 11.3 Å². The molecule has 4 heteroatoms. The van der Waals surface area contributed by atoms with Crippen LogP contribution < -0.4 is 4.74 Å². The summed E-state index contributed by atoms with van der Waals surface area (Å²) in [6.45, 7) is 0. The van der Waals surface area contributed by atoms with Crippen molar-refractivity contribution in [2.24, 2.45) is 0 Å². The second-order valence-corrected chi connectivity index (χ2v) is 4.06. The predicted octanol–water partition coefficient (Wildman–Crippen LogP) is 3.17. The van der Waals surface area contributed by atoms with Crippen molar-refractivity contribution in [3.05, 3.63) is 46.7 Å². The Kier molecular flexibility index (Phi) is 3.22. The number of ether oxygens (including phenoxy) is 1. The Bertz CT molecular complexity index is 460. The zero-order chi connectivity index (χ0) is 11.4. The molecule has 1 aromatic heterocycles. The Hall–Kier alpha value is -1.81. The zero-order valence-corrected chi connectivity index (χ0v) is 9.24. The van der Waals surface area contributed by atoms with Gasteiger partial charge in [-0.3, -0.25) is 4.79 Å². The van der Waals surface area contributed by atoms with Crippen molar-refractivity contribution in [3.63, 3.8) is 0 Å². The van der Waals surface area contributed by atoms with Crippen molar-refractivity contribution in [1.82, 2.24) is 0 Å². The fourth-order valence-electron chi connectivity index (χ4n) is 1.30. The Morgan fingerprint density at radius 3 is 2.50 bits per heavy atom. The topological polar surface area (TPSA) is 46.5 Å². The summed E-state index contributed by atoms with van der Waals surface area (Å²) in [4.78, 5) is 10.5. The fraction of sp³-hybridized carbons (Fsp3) is 0.0833. The van der Waals surface area contributed by atoms with Crippen LogP contribution in [0.1, 0.15) is 5.56 Å². The van der Waals surface area contributed by atoms with Crippen molar-refractivity contribution < 1.29 is 14.6 Å². The molecule has 1 heterocycles. The number of thiophene rings is 1. The molecule has 0 saturated heterocycles. The summed E-state index contributed by atoms with van der Waals surface area (Å²) in [5.74, 6) is 0.690. The van der Waals surface area contributed by atoms with E-state index in [0.29, 0.717) is 5.75 Å². The number of hydrogen-bond acceptors (Lipinski definition) is 3. The lowest BCUT2D eigenvalue weighted by atomic mass is 10.1. The first-order valence-corrected chi connectivity index (χ1v) is 5.69. The highest BCUT2D eigenvalue weighted by molar-refractivity contribution is 7.08. The number of rotatable bonds is 4. The summed E-state index contributed by atoms with van der Waals surface area (Å²) in [6.07, 6.45) is 0.0404. The quantitative estimate of drug-likeness (QED) is 0.883. The molecule has 0 saturated carbocycles. The Balaban J connectivity index is 2.05. The maximum absolute atomic E-state index is 10.5. The fourth-order valence-corrected chi connectivity index (χ4v) is 1.85. The summed E-state index contributed by atoms with van der Waals surface area (Å²) in [6, 6.07) is 8.95. The third-order valence-corrected chi connectivity index (χ3v) is 2.67. The Morgan fingerprint density at radius 2 is 1.94 bits per heavy atom. The molecule has 16 heavy (non-hydrogen) atoms. The molecule has 0 unspecified atom stereocenters. The molecule has 2 aromatic rings. The highest BCUT2D eigenvalue weighted by Crippen LogP contribution is 2.23. The molecular weight excluding hydrogens is 224 g/mol. The molecule has 0 atom stereocenters. The van der Waals surface area contributed by atoms with Crippen molar-refractivity contribution in [2.75, 3.05) is 0 Å². The van der Waals surface area contributed by atoms with Gasteiger partial charge in [-0.15, -0.1) is 11.3 Å². The van der Waals surface area contributed by atoms with Crippen LogP contribution in [0.2, 0.25) is 0 Å². The van der Waals surface area contributed by atoms with Gasteiger partial charge in [0.05, 0.1) is 6.42 Å². The average molecular weight is 234 g/mol. The van der Waals surface area contributed by atoms with Gasteiger partial charge in [-0.2, -0.15) is 0 Å². The summed E-state index contributed by atoms with van der Waals surface area (Å²) in [7, 11) is 0. The van der Waals surface area contributed by atoms with Gasteiger partial charge in [0, 0.05) is 5.38 Å². The van der Waals surface area contributed by atoms with Crippen molar-refractivity contribution in [2.45, 2.75) is 6.42 Å². The Morgan fingerprint density at radius 1 is 1.19 bits per heavy atom. The maximum Gasteiger partial charge on any atom is 0.307 e. The third kappa shape index (κ3) is 2.84. The molecule has 1 aromatic carbocycles. The largest absolute Gasteiger partial charge is 0.481 e. The van der Waals surface area contributed by atoms with E-state index in [2.05, 4.69) is 0 Å². The molecule has 82 valence electrons. The second-order valence-electron chi connectivity index (χ2n) is 3.28. The lowest BCUT2D eigenvalue weighted by Crippen LogP contribution is -1.99. The molecule has 0 fully saturated rings. The molecule has 0 amide bonds. The maximum atomic E-state index is 10.5. The minimum atomic E-state index is -0.827. The van der Waals surface area contributed by atoms with Crippen molar-refractivity contribution >= 4 is 17.3 Å². The summed E-state index contributed by atoms with van der Waals surface area (Å²) in [5, 5.41) is 12.5. The average Bonchev–Trinajstić information content (AvgIpc) is 2.73. The zero-order valence-electron chi connectivity index (χ0n) is 8.42. The van der Waals surface area contributed by atoms with Gasteiger partial charge < -0.3 is 9.84 Å². The number of carbonyl (C=O) groups is 1. The van der Waals surface area contributed by atoms with Crippen LogP contribution in [0, 0.1) is 0 Å². The second kappa shape index (κ2) is 4.81. The van der Waals surface area contributed by atoms with Crippen LogP contribution in [0.3, 0.4) is 0 Å². The SMILES string of the molecule is O=C(O)Cc1ccc(Oc2ccsc2)cc1. The summed E-state index contributed by atoms with van der Waals surface area (Å²) in [5.41, 5.74) is 0.769. The van der Waals surface area contributed by atoms with Crippen LogP contribution in [0.25, 0.3) is 0 Å². The summed E-state index contributed by atoms with van der Waals surface area (Å²) >= 11 is 1.57. The molecule has 0 aliphatic rings. The Labute approximate surface area is 96.9 Å². The van der Waals surface area contributed by atoms with Crippen LogP contribution in [0.15, 0.2) is 41.1 Å². The number of benzene rings is 1. The van der Waals surface area contributed by atoms with Crippen LogP contribution in [0.5, 0.6) is 11.5 Å². The van der Waals surface area contributed by atoms with Gasteiger partial charge in [0.15, 0.2) is 0 Å². The number of hydrogen-bond donors (Lipinski definition) is 1. The van der Waals surface area contributed by atoms with E-state index >= 15 is 0 Å². The van der Waals surface area contributed by atoms with E-state index in [1.54, 1.807) is 35.6 Å². The van der Waals surface area contributed by atoms with Crippen molar-refractivity contribution in [3.8, 4) is 11.5 Å². The molecule has 3 nitrogen and oxygen atoms in total. The first-order valence-electron chi connectivity index (χ1n) is 4.75. The van der Waals surface area contributed by atoms with Gasteiger partial charge in [0.1, 0.15) is 11.5 Å². The molecule has 0 aliphatic carbocycles. The van der Waals surface area contributed by atoms with E-state index < -0.39 is 5.97 Å². The number of aliphatic carboxylic acids is 1. The van der Waals surface area contributed by atoms with Gasteiger partial charge in [0.25, 0.3) is 0 Å². The minimum Gasteiger partial charge on any atom is -0.481 e. The van der Waals surface area contributed by atoms with E-state index in [1.165, 1.54) is 0 Å². The molecule has 2 rings (SSSR count). The minimum absolute atomic E-state index is 0.0404. The first-order chi connectivity index (χ1) is 7.74. The van der Waals surface area contributed by atoms with Gasteiger partial charge in [-0.1, -0.05) is 12.1 Å². The standard InChI is InChI=1S/C12H10O3S/c13-12(14)7-9-1-3-10(4-2-9)15-11-5-6-16-8-11/h1-6,8H,7H2,(H,13,14). The van der Waals surface area contributed by atoms with Crippen LogP contribution >= 0.6 is 11.3 Å². The highest BCUT2D eigenvalue weighted by atomic mass is 32.1. The molecule has 0 radical (unpaired) electrons. The van der Waals surface area contributed by atoms with Gasteiger partial charge >= 0.3 is 5.97 Å². The van der Waals surface area contributed by atoms with E-state index in [9.17, 15) is 4.79 Å². The van der Waals surface area contributed by atoms with Crippen molar-refractivity contribution in [1.29, 1.82) is 0 Å². The van der Waals surface area contributed by atoms with Gasteiger partial charge in [-0.05, 0) is 29.1 Å². The van der Waals surface area contributed by atoms with E-state index in [4.69, 9.17) is 9.84 Å². The smallest absolute Gasteiger partial charge is 0.307 e. The lowest BCUT2D eigenvalue weighted by molar-refractivity contribution is -0.136. The predicted molar refractivity (Wildman–Crippen MR) is 62.2 cm³/mol. The third-order valence-electron chi connectivity index (χ3n) is 2.01. The van der Waals surface area contributed by atoms with E-state index in [1.807, 2.05) is 16.8 Å². The van der Waals surface area contributed by atoms with E-state index in [-0.39, 0.29) is 6.42 Å². The molecule has 1 N–H and O–H groups in total. The molecule has 0 bridgehead atoms. The monoisotopic (exact) mass is 234 g/mol. The summed E-state index contributed by atoms with van der Waals surface area (Å²) < 4.78 is 5.54. The molecule has 0 aliphatic heterocycles. The number of carboxylic acids is 1. The van der Waals surface area contributed by atoms with Gasteiger partial charge in [-0.25, -0.2) is 0 Å². The first kappa shape index (κ1) is 10.7. The lowest BCUT2D eigenvalue weighted by Gasteiger charge is -2.03. The van der Waals surface area contributed by atoms with Crippen LogP contribution in [-0.2, 0) is 11.2 Å². The van der Waals surface area contributed by atoms with Crippen LogP contribution in [-0.4, -0.2) is 11.1 Å². The number of carboxylic acid groups (broad SMARTS) is 1. The molecule has 0 spiro atoms. The highest BCUT2D eigenvalue weighted by Gasteiger charge is 2.01. The van der Waals surface area contributed by atoms with Gasteiger partial charge in [0.2, 0.25) is 0 Å². The normalized spacial score (nSPS) is 10.0. The molecular formula is C12H10O3S. The van der Waals surface area contributed by atoms with Crippen LogP contribution in [0.4, 0.5) is 0 Å².